The van der Waals surface area contributed by atoms with Crippen LogP contribution in [0.1, 0.15) is 48.0 Å². The summed E-state index contributed by atoms with van der Waals surface area (Å²) in [4.78, 5) is 32.9. The highest BCUT2D eigenvalue weighted by atomic mass is 32.1. The Morgan fingerprint density at radius 3 is 2.75 bits per heavy atom. The van der Waals surface area contributed by atoms with Crippen molar-refractivity contribution < 1.29 is 9.59 Å². The maximum atomic E-state index is 13.3. The van der Waals surface area contributed by atoms with Crippen LogP contribution in [0, 0.1) is 20.8 Å². The zero-order valence-electron chi connectivity index (χ0n) is 18.4. The third-order valence-corrected chi connectivity index (χ3v) is 7.50. The summed E-state index contributed by atoms with van der Waals surface area (Å²) in [5.74, 6) is -0.172. The predicted molar refractivity (Wildman–Crippen MR) is 130 cm³/mol. The molecular weight excluding hydrogens is 418 g/mol. The van der Waals surface area contributed by atoms with E-state index in [0.717, 1.165) is 40.7 Å². The first-order chi connectivity index (χ1) is 15.4. The Bertz CT molecular complexity index is 1360. The summed E-state index contributed by atoms with van der Waals surface area (Å²) in [6, 6.07) is 13.3. The zero-order valence-corrected chi connectivity index (χ0v) is 19.2. The van der Waals surface area contributed by atoms with Crippen molar-refractivity contribution in [2.45, 2.75) is 33.7 Å². The lowest BCUT2D eigenvalue weighted by molar-refractivity contribution is 0.0735. The molecule has 0 fully saturated rings. The second-order valence-electron chi connectivity index (χ2n) is 8.41. The van der Waals surface area contributed by atoms with Crippen LogP contribution in [0.5, 0.6) is 0 Å². The van der Waals surface area contributed by atoms with E-state index in [0.29, 0.717) is 23.4 Å². The SMILES string of the molecule is Cc1[nH]c2ccc(C(=O)Nc3cccc(C(=O)N4CCc5sccc5C4)c3C)cc2c1C. The van der Waals surface area contributed by atoms with E-state index in [1.54, 1.807) is 11.3 Å². The fourth-order valence-corrected chi connectivity index (χ4v) is 5.28. The number of fused-ring (bicyclic) bond motifs is 2. The molecule has 5 nitrogen and oxygen atoms in total. The standard InChI is InChI=1S/C26H25N3O2S/c1-15-17(3)27-23-8-7-18(13-21(15)23)25(30)28-22-6-4-5-20(16(22)2)26(31)29-11-9-24-19(14-29)10-12-32-24/h4-8,10,12-13,27H,9,11,14H2,1-3H3,(H,28,30). The fourth-order valence-electron chi connectivity index (χ4n) is 4.39. The van der Waals surface area contributed by atoms with Gasteiger partial charge in [0, 0.05) is 51.4 Å². The number of aromatic amines is 1. The van der Waals surface area contributed by atoms with Crippen LogP contribution in [0.3, 0.4) is 0 Å². The lowest BCUT2D eigenvalue weighted by Gasteiger charge is -2.28. The minimum absolute atomic E-state index is 0.00953. The topological polar surface area (TPSA) is 65.2 Å². The van der Waals surface area contributed by atoms with Gasteiger partial charge in [-0.3, -0.25) is 9.59 Å². The summed E-state index contributed by atoms with van der Waals surface area (Å²) in [5, 5.41) is 6.15. The maximum Gasteiger partial charge on any atom is 0.255 e. The molecule has 0 saturated heterocycles. The smallest absolute Gasteiger partial charge is 0.255 e. The average molecular weight is 444 g/mol. The Balaban J connectivity index is 1.38. The van der Waals surface area contributed by atoms with Gasteiger partial charge in [0.25, 0.3) is 11.8 Å². The van der Waals surface area contributed by atoms with Crippen LogP contribution in [0.2, 0.25) is 0 Å². The van der Waals surface area contributed by atoms with Gasteiger partial charge in [0.2, 0.25) is 0 Å². The molecule has 2 aromatic carbocycles. The molecule has 0 bridgehead atoms. The fraction of sp³-hybridized carbons (Fsp3) is 0.231. The van der Waals surface area contributed by atoms with Crippen LogP contribution in [0.15, 0.2) is 47.8 Å². The molecule has 2 amide bonds. The highest BCUT2D eigenvalue weighted by Crippen LogP contribution is 2.28. The number of amides is 2. The number of rotatable bonds is 3. The summed E-state index contributed by atoms with van der Waals surface area (Å²) in [7, 11) is 0. The lowest BCUT2D eigenvalue weighted by atomic mass is 10.0. The monoisotopic (exact) mass is 443 g/mol. The normalized spacial score (nSPS) is 13.3. The molecular formula is C26H25N3O2S. The van der Waals surface area contributed by atoms with Gasteiger partial charge >= 0.3 is 0 Å². The summed E-state index contributed by atoms with van der Waals surface area (Å²) in [6.45, 7) is 7.34. The summed E-state index contributed by atoms with van der Waals surface area (Å²) in [5.41, 5.74) is 7.19. The van der Waals surface area contributed by atoms with E-state index >= 15 is 0 Å². The number of nitrogens with one attached hydrogen (secondary N) is 2. The molecule has 0 aliphatic carbocycles. The van der Waals surface area contributed by atoms with Crippen molar-refractivity contribution in [2.75, 3.05) is 11.9 Å². The molecule has 0 spiro atoms. The van der Waals surface area contributed by atoms with Gasteiger partial charge in [-0.25, -0.2) is 0 Å². The van der Waals surface area contributed by atoms with Gasteiger partial charge < -0.3 is 15.2 Å². The molecule has 6 heteroatoms. The van der Waals surface area contributed by atoms with E-state index in [-0.39, 0.29) is 11.8 Å². The van der Waals surface area contributed by atoms with E-state index in [9.17, 15) is 9.59 Å². The van der Waals surface area contributed by atoms with Crippen molar-refractivity contribution in [2.24, 2.45) is 0 Å². The molecule has 0 atom stereocenters. The Hall–Kier alpha value is -3.38. The first-order valence-electron chi connectivity index (χ1n) is 10.8. The summed E-state index contributed by atoms with van der Waals surface area (Å²) >= 11 is 1.76. The molecule has 4 aromatic rings. The average Bonchev–Trinajstić information content (AvgIpc) is 3.38. The second-order valence-corrected chi connectivity index (χ2v) is 9.41. The van der Waals surface area contributed by atoms with Gasteiger partial charge in [0.05, 0.1) is 0 Å². The van der Waals surface area contributed by atoms with E-state index in [1.165, 1.54) is 10.4 Å². The first kappa shape index (κ1) is 20.5. The maximum absolute atomic E-state index is 13.3. The highest BCUT2D eigenvalue weighted by molar-refractivity contribution is 7.10. The van der Waals surface area contributed by atoms with E-state index in [2.05, 4.69) is 28.7 Å². The van der Waals surface area contributed by atoms with Gasteiger partial charge in [-0.05, 0) is 85.7 Å². The number of aryl methyl sites for hydroxylation is 2. The van der Waals surface area contributed by atoms with Crippen LogP contribution in [-0.4, -0.2) is 28.2 Å². The van der Waals surface area contributed by atoms with Crippen molar-refractivity contribution in [3.8, 4) is 0 Å². The number of carbonyl (C=O) groups excluding carboxylic acids is 2. The Labute approximate surface area is 191 Å². The third kappa shape index (κ3) is 3.50. The minimum Gasteiger partial charge on any atom is -0.358 e. The van der Waals surface area contributed by atoms with Gasteiger partial charge in [0.15, 0.2) is 0 Å². The largest absolute Gasteiger partial charge is 0.358 e. The van der Waals surface area contributed by atoms with E-state index in [4.69, 9.17) is 0 Å². The molecule has 0 unspecified atom stereocenters. The number of hydrogen-bond donors (Lipinski definition) is 2. The van der Waals surface area contributed by atoms with Crippen molar-refractivity contribution in [3.05, 3.63) is 86.2 Å². The lowest BCUT2D eigenvalue weighted by Crippen LogP contribution is -2.35. The molecule has 0 saturated carbocycles. The summed E-state index contributed by atoms with van der Waals surface area (Å²) < 4.78 is 0. The molecule has 3 heterocycles. The minimum atomic E-state index is -0.182. The molecule has 1 aliphatic rings. The van der Waals surface area contributed by atoms with Gasteiger partial charge in [-0.2, -0.15) is 0 Å². The van der Waals surface area contributed by atoms with Crippen LogP contribution in [-0.2, 0) is 13.0 Å². The number of anilines is 1. The number of aromatic nitrogens is 1. The molecule has 5 rings (SSSR count). The number of thiophene rings is 1. The van der Waals surface area contributed by atoms with Crippen molar-refractivity contribution in [1.29, 1.82) is 0 Å². The quantitative estimate of drug-likeness (QED) is 0.432. The molecule has 2 N–H and O–H groups in total. The van der Waals surface area contributed by atoms with Gasteiger partial charge in [-0.15, -0.1) is 11.3 Å². The van der Waals surface area contributed by atoms with Crippen LogP contribution in [0.4, 0.5) is 5.69 Å². The molecule has 2 aromatic heterocycles. The van der Waals surface area contributed by atoms with Gasteiger partial charge in [0.1, 0.15) is 0 Å². The number of nitrogens with zero attached hydrogens (tertiary/aromatic N) is 1. The highest BCUT2D eigenvalue weighted by Gasteiger charge is 2.24. The predicted octanol–water partition coefficient (Wildman–Crippen LogP) is 5.61. The number of carbonyl (C=O) groups is 2. The molecule has 162 valence electrons. The second kappa shape index (κ2) is 7.95. The van der Waals surface area contributed by atoms with E-state index in [1.807, 2.05) is 55.1 Å². The van der Waals surface area contributed by atoms with Crippen LogP contribution < -0.4 is 5.32 Å². The van der Waals surface area contributed by atoms with E-state index < -0.39 is 0 Å². The van der Waals surface area contributed by atoms with Crippen LogP contribution >= 0.6 is 11.3 Å². The summed E-state index contributed by atoms with van der Waals surface area (Å²) in [6.07, 6.45) is 0.898. The number of hydrogen-bond acceptors (Lipinski definition) is 3. The third-order valence-electron chi connectivity index (χ3n) is 6.48. The molecule has 32 heavy (non-hydrogen) atoms. The van der Waals surface area contributed by atoms with Crippen molar-refractivity contribution in [1.82, 2.24) is 9.88 Å². The van der Waals surface area contributed by atoms with Gasteiger partial charge in [-0.1, -0.05) is 6.07 Å². The molecule has 1 aliphatic heterocycles. The molecule has 0 radical (unpaired) electrons. The van der Waals surface area contributed by atoms with Crippen molar-refractivity contribution >= 4 is 39.7 Å². The van der Waals surface area contributed by atoms with Crippen molar-refractivity contribution in [3.63, 3.8) is 0 Å². The zero-order chi connectivity index (χ0) is 22.4. The Morgan fingerprint density at radius 2 is 1.91 bits per heavy atom. The number of H-pyrrole nitrogens is 1. The van der Waals surface area contributed by atoms with Crippen LogP contribution in [0.25, 0.3) is 10.9 Å². The Kier molecular flexibility index (Phi) is 5.10. The first-order valence-corrected chi connectivity index (χ1v) is 11.6. The Morgan fingerprint density at radius 1 is 1.06 bits per heavy atom. The number of benzene rings is 2.